The first-order valence-corrected chi connectivity index (χ1v) is 5.09. The van der Waals surface area contributed by atoms with Gasteiger partial charge in [-0.3, -0.25) is 0 Å². The monoisotopic (exact) mass is 210 g/mol. The van der Waals surface area contributed by atoms with Crippen molar-refractivity contribution in [3.63, 3.8) is 0 Å². The summed E-state index contributed by atoms with van der Waals surface area (Å²) in [5.41, 5.74) is 1.04. The molecule has 0 bridgehead atoms. The van der Waals surface area contributed by atoms with E-state index in [9.17, 15) is 9.50 Å². The maximum atomic E-state index is 13.5. The molecule has 1 aliphatic rings. The highest BCUT2D eigenvalue weighted by Crippen LogP contribution is 2.39. The van der Waals surface area contributed by atoms with Crippen LogP contribution in [-0.4, -0.2) is 17.8 Å². The third-order valence-electron chi connectivity index (χ3n) is 2.85. The lowest BCUT2D eigenvalue weighted by Crippen LogP contribution is -2.11. The second kappa shape index (κ2) is 3.49. The zero-order chi connectivity index (χ0) is 11.1. The number of ether oxygens (including phenoxy) is 1. The van der Waals surface area contributed by atoms with Gasteiger partial charge in [-0.1, -0.05) is 6.07 Å². The molecule has 2 rings (SSSR count). The van der Waals surface area contributed by atoms with Crippen LogP contribution in [0.5, 0.6) is 5.75 Å². The molecule has 0 unspecified atom stereocenters. The standard InChI is InChI=1S/C12H15FO2/c1-8-5-9(7-12(14)3-4-12)6-10(13)11(8)15-2/h5-6,14H,3-4,7H2,1-2H3. The zero-order valence-corrected chi connectivity index (χ0v) is 9.01. The molecule has 1 N–H and O–H groups in total. The summed E-state index contributed by atoms with van der Waals surface area (Å²) in [7, 11) is 1.46. The van der Waals surface area contributed by atoms with Crippen molar-refractivity contribution >= 4 is 0 Å². The van der Waals surface area contributed by atoms with Crippen molar-refractivity contribution in [2.24, 2.45) is 0 Å². The summed E-state index contributed by atoms with van der Waals surface area (Å²) in [6.07, 6.45) is 2.17. The number of halogens is 1. The van der Waals surface area contributed by atoms with Gasteiger partial charge in [0, 0.05) is 6.42 Å². The Morgan fingerprint density at radius 1 is 1.47 bits per heavy atom. The van der Waals surface area contributed by atoms with Crippen LogP contribution in [0.2, 0.25) is 0 Å². The molecule has 82 valence electrons. The number of benzene rings is 1. The molecular formula is C12H15FO2. The number of methoxy groups -OCH3 is 1. The Kier molecular flexibility index (Phi) is 2.43. The minimum Gasteiger partial charge on any atom is -0.493 e. The van der Waals surface area contributed by atoms with Gasteiger partial charge < -0.3 is 9.84 Å². The van der Waals surface area contributed by atoms with E-state index in [1.165, 1.54) is 13.2 Å². The van der Waals surface area contributed by atoms with Gasteiger partial charge in [-0.05, 0) is 37.0 Å². The van der Waals surface area contributed by atoms with Crippen molar-refractivity contribution in [1.82, 2.24) is 0 Å². The van der Waals surface area contributed by atoms with Crippen LogP contribution in [0.4, 0.5) is 4.39 Å². The maximum Gasteiger partial charge on any atom is 0.165 e. The fourth-order valence-corrected chi connectivity index (χ4v) is 1.86. The van der Waals surface area contributed by atoms with E-state index in [1.807, 2.05) is 13.0 Å². The first-order chi connectivity index (χ1) is 7.04. The largest absolute Gasteiger partial charge is 0.493 e. The molecule has 0 aliphatic heterocycles. The van der Waals surface area contributed by atoms with E-state index in [0.29, 0.717) is 12.2 Å². The molecule has 0 atom stereocenters. The van der Waals surface area contributed by atoms with Crippen molar-refractivity contribution in [3.05, 3.63) is 29.1 Å². The van der Waals surface area contributed by atoms with Crippen LogP contribution in [0.15, 0.2) is 12.1 Å². The van der Waals surface area contributed by atoms with E-state index in [2.05, 4.69) is 0 Å². The number of aliphatic hydroxyl groups is 1. The topological polar surface area (TPSA) is 29.5 Å². The summed E-state index contributed by atoms with van der Waals surface area (Å²) < 4.78 is 18.4. The summed E-state index contributed by atoms with van der Waals surface area (Å²) in [6.45, 7) is 1.81. The Labute approximate surface area is 88.7 Å². The van der Waals surface area contributed by atoms with Gasteiger partial charge in [0.25, 0.3) is 0 Å². The van der Waals surface area contributed by atoms with Crippen LogP contribution in [-0.2, 0) is 6.42 Å². The zero-order valence-electron chi connectivity index (χ0n) is 9.01. The first-order valence-electron chi connectivity index (χ1n) is 5.09. The lowest BCUT2D eigenvalue weighted by molar-refractivity contribution is 0.151. The van der Waals surface area contributed by atoms with E-state index >= 15 is 0 Å². The van der Waals surface area contributed by atoms with Crippen molar-refractivity contribution in [2.45, 2.75) is 31.8 Å². The Balaban J connectivity index is 2.26. The summed E-state index contributed by atoms with van der Waals surface area (Å²) >= 11 is 0. The molecule has 0 saturated heterocycles. The quantitative estimate of drug-likeness (QED) is 0.828. The van der Waals surface area contributed by atoms with Crippen molar-refractivity contribution in [3.8, 4) is 5.75 Å². The van der Waals surface area contributed by atoms with E-state index in [4.69, 9.17) is 4.74 Å². The highest BCUT2D eigenvalue weighted by molar-refractivity contribution is 5.38. The van der Waals surface area contributed by atoms with Crippen LogP contribution in [0, 0.1) is 12.7 Å². The number of hydrogen-bond acceptors (Lipinski definition) is 2. The minimum absolute atomic E-state index is 0.293. The molecule has 1 aliphatic carbocycles. The van der Waals surface area contributed by atoms with Crippen LogP contribution >= 0.6 is 0 Å². The predicted molar refractivity (Wildman–Crippen MR) is 55.6 cm³/mol. The van der Waals surface area contributed by atoms with Crippen molar-refractivity contribution < 1.29 is 14.2 Å². The van der Waals surface area contributed by atoms with Crippen LogP contribution in [0.1, 0.15) is 24.0 Å². The normalized spacial score (nSPS) is 17.6. The van der Waals surface area contributed by atoms with Crippen molar-refractivity contribution in [2.75, 3.05) is 7.11 Å². The molecular weight excluding hydrogens is 195 g/mol. The highest BCUT2D eigenvalue weighted by Gasteiger charge is 2.40. The Hall–Kier alpha value is -1.09. The smallest absolute Gasteiger partial charge is 0.165 e. The molecule has 1 aromatic carbocycles. The average Bonchev–Trinajstić information content (AvgIpc) is 2.82. The maximum absolute atomic E-state index is 13.5. The fourth-order valence-electron chi connectivity index (χ4n) is 1.86. The fraction of sp³-hybridized carbons (Fsp3) is 0.500. The van der Waals surface area contributed by atoms with Gasteiger partial charge in [-0.15, -0.1) is 0 Å². The summed E-state index contributed by atoms with van der Waals surface area (Å²) in [6, 6.07) is 3.32. The number of aryl methyl sites for hydroxylation is 1. The Morgan fingerprint density at radius 3 is 2.60 bits per heavy atom. The van der Waals surface area contributed by atoms with E-state index < -0.39 is 5.60 Å². The first kappa shape index (κ1) is 10.4. The van der Waals surface area contributed by atoms with Gasteiger partial charge in [-0.2, -0.15) is 0 Å². The summed E-state index contributed by atoms with van der Waals surface area (Å²) in [5.74, 6) is -0.0571. The molecule has 3 heteroatoms. The van der Waals surface area contributed by atoms with Gasteiger partial charge in [0.1, 0.15) is 0 Å². The van der Waals surface area contributed by atoms with E-state index in [-0.39, 0.29) is 5.82 Å². The Bertz CT molecular complexity index is 360. The molecule has 0 amide bonds. The molecule has 15 heavy (non-hydrogen) atoms. The molecule has 1 aromatic rings. The molecule has 1 fully saturated rings. The second-order valence-electron chi connectivity index (χ2n) is 4.33. The molecule has 1 saturated carbocycles. The van der Waals surface area contributed by atoms with E-state index in [1.54, 1.807) is 0 Å². The Morgan fingerprint density at radius 2 is 2.13 bits per heavy atom. The van der Waals surface area contributed by atoms with Crippen LogP contribution in [0.3, 0.4) is 0 Å². The van der Waals surface area contributed by atoms with Crippen LogP contribution < -0.4 is 4.74 Å². The van der Waals surface area contributed by atoms with Crippen LogP contribution in [0.25, 0.3) is 0 Å². The van der Waals surface area contributed by atoms with Gasteiger partial charge in [0.2, 0.25) is 0 Å². The highest BCUT2D eigenvalue weighted by atomic mass is 19.1. The van der Waals surface area contributed by atoms with Gasteiger partial charge in [-0.25, -0.2) is 4.39 Å². The SMILES string of the molecule is COc1c(C)cc(CC2(O)CC2)cc1F. The lowest BCUT2D eigenvalue weighted by Gasteiger charge is -2.11. The summed E-state index contributed by atoms with van der Waals surface area (Å²) in [4.78, 5) is 0. The predicted octanol–water partition coefficient (Wildman–Crippen LogP) is 2.21. The number of rotatable bonds is 3. The van der Waals surface area contributed by atoms with Gasteiger partial charge in [0.15, 0.2) is 11.6 Å². The molecule has 0 heterocycles. The lowest BCUT2D eigenvalue weighted by atomic mass is 10.0. The van der Waals surface area contributed by atoms with E-state index in [0.717, 1.165) is 24.0 Å². The van der Waals surface area contributed by atoms with Gasteiger partial charge >= 0.3 is 0 Å². The number of hydrogen-bond donors (Lipinski definition) is 1. The molecule has 2 nitrogen and oxygen atoms in total. The minimum atomic E-state index is -0.576. The molecule has 0 aromatic heterocycles. The van der Waals surface area contributed by atoms with Crippen molar-refractivity contribution in [1.29, 1.82) is 0 Å². The third-order valence-corrected chi connectivity index (χ3v) is 2.85. The van der Waals surface area contributed by atoms with Gasteiger partial charge in [0.05, 0.1) is 12.7 Å². The average molecular weight is 210 g/mol. The molecule has 0 radical (unpaired) electrons. The summed E-state index contributed by atoms with van der Waals surface area (Å²) in [5, 5.41) is 9.74. The molecule has 0 spiro atoms. The second-order valence-corrected chi connectivity index (χ2v) is 4.33. The third kappa shape index (κ3) is 2.12.